The van der Waals surface area contributed by atoms with E-state index in [9.17, 15) is 10.1 Å². The second-order valence-corrected chi connectivity index (χ2v) is 4.45. The quantitative estimate of drug-likeness (QED) is 0.920. The van der Waals surface area contributed by atoms with E-state index >= 15 is 0 Å². The Labute approximate surface area is 116 Å². The van der Waals surface area contributed by atoms with Crippen molar-refractivity contribution in [3.63, 3.8) is 0 Å². The van der Waals surface area contributed by atoms with Crippen molar-refractivity contribution in [3.8, 4) is 17.2 Å². The van der Waals surface area contributed by atoms with Crippen LogP contribution >= 0.6 is 0 Å². The second-order valence-electron chi connectivity index (χ2n) is 4.45. The standard InChI is InChI=1S/C15H14N4O/c1-19(2)8-5-12-13(9-16)15(20)18-10-14(12)11-3-6-17-7-4-11/h3-8,10H,1-2H3,(H,18,20). The Bertz CT molecular complexity index is 724. The van der Waals surface area contributed by atoms with Gasteiger partial charge in [-0.05, 0) is 30.0 Å². The molecule has 2 aromatic heterocycles. The van der Waals surface area contributed by atoms with Gasteiger partial charge in [0.15, 0.2) is 0 Å². The summed E-state index contributed by atoms with van der Waals surface area (Å²) in [5.41, 5.74) is 2.02. The Balaban J connectivity index is 2.70. The first-order chi connectivity index (χ1) is 9.63. The van der Waals surface area contributed by atoms with Gasteiger partial charge in [-0.15, -0.1) is 0 Å². The van der Waals surface area contributed by atoms with Crippen molar-refractivity contribution in [2.24, 2.45) is 0 Å². The normalized spacial score (nSPS) is 10.4. The number of rotatable bonds is 3. The highest BCUT2D eigenvalue weighted by Gasteiger charge is 2.11. The molecule has 2 rings (SSSR count). The third-order valence-corrected chi connectivity index (χ3v) is 2.78. The number of nitrogens with one attached hydrogen (secondary N) is 1. The van der Waals surface area contributed by atoms with Crippen LogP contribution in [0.5, 0.6) is 0 Å². The molecule has 0 aliphatic carbocycles. The Morgan fingerprint density at radius 3 is 2.65 bits per heavy atom. The molecule has 0 saturated heterocycles. The average molecular weight is 266 g/mol. The highest BCUT2D eigenvalue weighted by molar-refractivity contribution is 5.77. The van der Waals surface area contributed by atoms with E-state index in [0.29, 0.717) is 5.56 Å². The van der Waals surface area contributed by atoms with E-state index < -0.39 is 0 Å². The molecule has 0 fully saturated rings. The molecule has 0 radical (unpaired) electrons. The Morgan fingerprint density at radius 2 is 2.05 bits per heavy atom. The topological polar surface area (TPSA) is 72.8 Å². The zero-order valence-electron chi connectivity index (χ0n) is 11.3. The van der Waals surface area contributed by atoms with Crippen LogP contribution in [0.4, 0.5) is 0 Å². The lowest BCUT2D eigenvalue weighted by Gasteiger charge is -2.09. The van der Waals surface area contributed by atoms with E-state index in [1.165, 1.54) is 0 Å². The fraction of sp³-hybridized carbons (Fsp3) is 0.133. The van der Waals surface area contributed by atoms with Gasteiger partial charge in [0.25, 0.3) is 5.56 Å². The summed E-state index contributed by atoms with van der Waals surface area (Å²) in [5, 5.41) is 9.21. The predicted octanol–water partition coefficient (Wildman–Crippen LogP) is 1.84. The summed E-state index contributed by atoms with van der Waals surface area (Å²) in [7, 11) is 3.75. The molecule has 0 unspecified atom stereocenters. The molecule has 0 saturated carbocycles. The van der Waals surface area contributed by atoms with Crippen LogP contribution in [-0.4, -0.2) is 29.0 Å². The minimum Gasteiger partial charge on any atom is -0.383 e. The first kappa shape index (κ1) is 13.6. The van der Waals surface area contributed by atoms with Crippen LogP contribution in [0, 0.1) is 11.3 Å². The van der Waals surface area contributed by atoms with Crippen LogP contribution in [0.15, 0.2) is 41.7 Å². The zero-order chi connectivity index (χ0) is 14.5. The minimum atomic E-state index is -0.385. The van der Waals surface area contributed by atoms with Gasteiger partial charge in [0.05, 0.1) is 0 Å². The molecule has 20 heavy (non-hydrogen) atoms. The van der Waals surface area contributed by atoms with Crippen molar-refractivity contribution < 1.29 is 0 Å². The third-order valence-electron chi connectivity index (χ3n) is 2.78. The number of hydrogen-bond acceptors (Lipinski definition) is 4. The molecular formula is C15H14N4O. The van der Waals surface area contributed by atoms with Crippen molar-refractivity contribution in [1.29, 1.82) is 5.26 Å². The maximum absolute atomic E-state index is 11.8. The number of aromatic nitrogens is 2. The summed E-state index contributed by atoms with van der Waals surface area (Å²) in [4.78, 5) is 20.2. The highest BCUT2D eigenvalue weighted by Crippen LogP contribution is 2.24. The summed E-state index contributed by atoms with van der Waals surface area (Å²) >= 11 is 0. The van der Waals surface area contributed by atoms with Crippen LogP contribution < -0.4 is 5.56 Å². The number of nitriles is 1. The number of hydrogen-bond donors (Lipinski definition) is 1. The fourth-order valence-electron chi connectivity index (χ4n) is 1.82. The van der Waals surface area contributed by atoms with E-state index in [4.69, 9.17) is 0 Å². The summed E-state index contributed by atoms with van der Waals surface area (Å²) in [6.45, 7) is 0. The van der Waals surface area contributed by atoms with Gasteiger partial charge in [0.2, 0.25) is 0 Å². The lowest BCUT2D eigenvalue weighted by Crippen LogP contribution is -2.12. The van der Waals surface area contributed by atoms with Crippen molar-refractivity contribution in [1.82, 2.24) is 14.9 Å². The fourth-order valence-corrected chi connectivity index (χ4v) is 1.82. The van der Waals surface area contributed by atoms with Gasteiger partial charge in [-0.25, -0.2) is 0 Å². The van der Waals surface area contributed by atoms with E-state index in [2.05, 4.69) is 9.97 Å². The van der Waals surface area contributed by atoms with E-state index in [0.717, 1.165) is 11.1 Å². The van der Waals surface area contributed by atoms with E-state index in [-0.39, 0.29) is 11.1 Å². The number of H-pyrrole nitrogens is 1. The van der Waals surface area contributed by atoms with Crippen LogP contribution in [0.25, 0.3) is 17.2 Å². The van der Waals surface area contributed by atoms with Gasteiger partial charge in [-0.2, -0.15) is 5.26 Å². The second kappa shape index (κ2) is 5.85. The SMILES string of the molecule is CN(C)C=Cc1c(-c2ccncc2)c[nH]c(=O)c1C#N. The molecule has 100 valence electrons. The molecule has 2 aromatic rings. The molecule has 0 amide bonds. The molecular weight excluding hydrogens is 252 g/mol. The molecule has 0 aliphatic rings. The van der Waals surface area contributed by atoms with Gasteiger partial charge in [-0.3, -0.25) is 9.78 Å². The van der Waals surface area contributed by atoms with Crippen molar-refractivity contribution in [2.75, 3.05) is 14.1 Å². The molecule has 0 atom stereocenters. The van der Waals surface area contributed by atoms with Crippen molar-refractivity contribution >= 4 is 6.08 Å². The number of pyridine rings is 2. The van der Waals surface area contributed by atoms with Crippen LogP contribution in [0.3, 0.4) is 0 Å². The van der Waals surface area contributed by atoms with Crippen molar-refractivity contribution in [3.05, 3.63) is 58.4 Å². The number of aromatic amines is 1. The molecule has 0 spiro atoms. The molecule has 0 bridgehead atoms. The molecule has 5 nitrogen and oxygen atoms in total. The largest absolute Gasteiger partial charge is 0.383 e. The molecule has 2 heterocycles. The van der Waals surface area contributed by atoms with Crippen LogP contribution in [0.2, 0.25) is 0 Å². The Kier molecular flexibility index (Phi) is 3.96. The van der Waals surface area contributed by atoms with E-state index in [1.54, 1.807) is 30.9 Å². The van der Waals surface area contributed by atoms with Gasteiger partial charge in [-0.1, -0.05) is 0 Å². The van der Waals surface area contributed by atoms with Gasteiger partial charge >= 0.3 is 0 Å². The maximum Gasteiger partial charge on any atom is 0.266 e. The summed E-state index contributed by atoms with van der Waals surface area (Å²) < 4.78 is 0. The number of nitrogens with zero attached hydrogens (tertiary/aromatic N) is 3. The summed E-state index contributed by atoms with van der Waals surface area (Å²) in [5.74, 6) is 0. The summed E-state index contributed by atoms with van der Waals surface area (Å²) in [6, 6.07) is 5.64. The van der Waals surface area contributed by atoms with Crippen molar-refractivity contribution in [2.45, 2.75) is 0 Å². The Hall–Kier alpha value is -2.87. The molecule has 5 heteroatoms. The molecule has 0 aliphatic heterocycles. The predicted molar refractivity (Wildman–Crippen MR) is 77.7 cm³/mol. The molecule has 1 N–H and O–H groups in total. The van der Waals surface area contributed by atoms with Crippen LogP contribution in [0.1, 0.15) is 11.1 Å². The summed E-state index contributed by atoms with van der Waals surface area (Å²) in [6.07, 6.45) is 8.54. The Morgan fingerprint density at radius 1 is 1.35 bits per heavy atom. The smallest absolute Gasteiger partial charge is 0.266 e. The maximum atomic E-state index is 11.8. The lowest BCUT2D eigenvalue weighted by molar-refractivity contribution is 0.567. The first-order valence-corrected chi connectivity index (χ1v) is 6.04. The first-order valence-electron chi connectivity index (χ1n) is 6.04. The highest BCUT2D eigenvalue weighted by atomic mass is 16.1. The van der Waals surface area contributed by atoms with Crippen LogP contribution in [-0.2, 0) is 0 Å². The van der Waals surface area contributed by atoms with E-state index in [1.807, 2.05) is 37.2 Å². The third kappa shape index (κ3) is 2.75. The van der Waals surface area contributed by atoms with Gasteiger partial charge < -0.3 is 9.88 Å². The average Bonchev–Trinajstić information content (AvgIpc) is 2.46. The monoisotopic (exact) mass is 266 g/mol. The van der Waals surface area contributed by atoms with Gasteiger partial charge in [0, 0.05) is 43.8 Å². The zero-order valence-corrected chi connectivity index (χ0v) is 11.3. The van der Waals surface area contributed by atoms with Gasteiger partial charge in [0.1, 0.15) is 11.6 Å². The molecule has 0 aromatic carbocycles. The minimum absolute atomic E-state index is 0.109. The lowest BCUT2D eigenvalue weighted by atomic mass is 9.99.